The number of carbonyl (C=O) groups excluding carboxylic acids is 1. The maximum absolute atomic E-state index is 11.7. The van der Waals surface area contributed by atoms with Crippen molar-refractivity contribution in [2.24, 2.45) is 0 Å². The van der Waals surface area contributed by atoms with Crippen LogP contribution in [0.5, 0.6) is 0 Å². The van der Waals surface area contributed by atoms with Gasteiger partial charge < -0.3 is 15.8 Å². The Morgan fingerprint density at radius 2 is 2.05 bits per heavy atom. The van der Waals surface area contributed by atoms with E-state index in [0.717, 1.165) is 0 Å². The van der Waals surface area contributed by atoms with Gasteiger partial charge in [-0.3, -0.25) is 0 Å². The SMILES string of the molecule is CCOC(=O)c1cc(NCCS(=O)(=O)CC)ccc1N. The molecule has 1 rings (SSSR count). The van der Waals surface area contributed by atoms with Gasteiger partial charge in [-0.15, -0.1) is 0 Å². The first-order chi connectivity index (χ1) is 9.39. The molecule has 0 aliphatic heterocycles. The van der Waals surface area contributed by atoms with E-state index < -0.39 is 15.8 Å². The van der Waals surface area contributed by atoms with Crippen molar-refractivity contribution < 1.29 is 17.9 Å². The molecule has 0 atom stereocenters. The second kappa shape index (κ2) is 7.14. The second-order valence-electron chi connectivity index (χ2n) is 4.19. The van der Waals surface area contributed by atoms with Crippen LogP contribution >= 0.6 is 0 Å². The van der Waals surface area contributed by atoms with Gasteiger partial charge in [0.05, 0.1) is 17.9 Å². The number of ether oxygens (including phenoxy) is 1. The highest BCUT2D eigenvalue weighted by atomic mass is 32.2. The van der Waals surface area contributed by atoms with Gasteiger partial charge in [-0.25, -0.2) is 13.2 Å². The van der Waals surface area contributed by atoms with Crippen LogP contribution in [0.2, 0.25) is 0 Å². The molecule has 0 heterocycles. The topological polar surface area (TPSA) is 98.5 Å². The maximum Gasteiger partial charge on any atom is 0.340 e. The summed E-state index contributed by atoms with van der Waals surface area (Å²) in [6.45, 7) is 3.87. The molecular weight excluding hydrogens is 280 g/mol. The minimum absolute atomic E-state index is 0.0443. The smallest absolute Gasteiger partial charge is 0.340 e. The van der Waals surface area contributed by atoms with Crippen molar-refractivity contribution >= 4 is 27.2 Å². The summed E-state index contributed by atoms with van der Waals surface area (Å²) in [5, 5.41) is 2.96. The van der Waals surface area contributed by atoms with Gasteiger partial charge in [0.2, 0.25) is 0 Å². The van der Waals surface area contributed by atoms with Crippen LogP contribution in [-0.2, 0) is 14.6 Å². The molecule has 0 saturated heterocycles. The van der Waals surface area contributed by atoms with Crippen LogP contribution in [-0.4, -0.2) is 39.0 Å². The van der Waals surface area contributed by atoms with Gasteiger partial charge in [0.15, 0.2) is 9.84 Å². The van der Waals surface area contributed by atoms with Crippen molar-refractivity contribution in [3.63, 3.8) is 0 Å². The molecule has 0 aliphatic rings. The van der Waals surface area contributed by atoms with Crippen LogP contribution in [0, 0.1) is 0 Å². The van der Waals surface area contributed by atoms with Crippen LogP contribution in [0.4, 0.5) is 11.4 Å². The molecule has 1 aromatic carbocycles. The molecule has 0 aliphatic carbocycles. The Labute approximate surface area is 119 Å². The van der Waals surface area contributed by atoms with Gasteiger partial charge in [-0.1, -0.05) is 6.92 Å². The summed E-state index contributed by atoms with van der Waals surface area (Å²) in [7, 11) is -3.01. The molecule has 6 nitrogen and oxygen atoms in total. The van der Waals surface area contributed by atoms with Crippen LogP contribution < -0.4 is 11.1 Å². The van der Waals surface area contributed by atoms with E-state index in [1.807, 2.05) is 0 Å². The summed E-state index contributed by atoms with van der Waals surface area (Å²) < 4.78 is 27.6. The summed E-state index contributed by atoms with van der Waals surface area (Å²) in [6.07, 6.45) is 0. The Balaban J connectivity index is 2.73. The van der Waals surface area contributed by atoms with Crippen LogP contribution in [0.15, 0.2) is 18.2 Å². The molecule has 0 spiro atoms. The zero-order valence-electron chi connectivity index (χ0n) is 11.7. The molecule has 1 aromatic rings. The summed E-state index contributed by atoms with van der Waals surface area (Å²) in [5.41, 5.74) is 6.95. The van der Waals surface area contributed by atoms with Crippen LogP contribution in [0.1, 0.15) is 24.2 Å². The monoisotopic (exact) mass is 300 g/mol. The molecule has 20 heavy (non-hydrogen) atoms. The molecule has 0 bridgehead atoms. The average Bonchev–Trinajstić information content (AvgIpc) is 2.40. The fourth-order valence-electron chi connectivity index (χ4n) is 1.55. The predicted molar refractivity (Wildman–Crippen MR) is 79.6 cm³/mol. The molecule has 0 aromatic heterocycles. The van der Waals surface area contributed by atoms with Crippen molar-refractivity contribution in [2.45, 2.75) is 13.8 Å². The number of esters is 1. The standard InChI is InChI=1S/C13H20N2O4S/c1-3-19-13(16)11-9-10(5-6-12(11)14)15-7-8-20(17,18)4-2/h5-6,9,15H,3-4,7-8,14H2,1-2H3. The second-order valence-corrected chi connectivity index (χ2v) is 6.66. The Hall–Kier alpha value is -1.76. The van der Waals surface area contributed by atoms with Gasteiger partial charge in [0.25, 0.3) is 0 Å². The highest BCUT2D eigenvalue weighted by Gasteiger charge is 2.12. The third-order valence-corrected chi connectivity index (χ3v) is 4.44. The van der Waals surface area contributed by atoms with Crippen molar-refractivity contribution in [1.82, 2.24) is 0 Å². The lowest BCUT2D eigenvalue weighted by molar-refractivity contribution is 0.0527. The van der Waals surface area contributed by atoms with Gasteiger partial charge in [0, 0.05) is 23.7 Å². The maximum atomic E-state index is 11.7. The summed E-state index contributed by atoms with van der Waals surface area (Å²) in [5.74, 6) is -0.331. The molecule has 0 fully saturated rings. The predicted octanol–water partition coefficient (Wildman–Crippen LogP) is 1.29. The number of rotatable bonds is 7. The normalized spacial score (nSPS) is 11.1. The third kappa shape index (κ3) is 4.73. The van der Waals surface area contributed by atoms with Gasteiger partial charge >= 0.3 is 5.97 Å². The van der Waals surface area contributed by atoms with E-state index >= 15 is 0 Å². The van der Waals surface area contributed by atoms with Gasteiger partial charge in [-0.2, -0.15) is 0 Å². The number of nitrogens with two attached hydrogens (primary N) is 1. The number of nitrogens with one attached hydrogen (secondary N) is 1. The average molecular weight is 300 g/mol. The lowest BCUT2D eigenvalue weighted by atomic mass is 10.1. The number of carbonyl (C=O) groups is 1. The first kappa shape index (κ1) is 16.3. The van der Waals surface area contributed by atoms with Gasteiger partial charge in [0.1, 0.15) is 0 Å². The summed E-state index contributed by atoms with van der Waals surface area (Å²) >= 11 is 0. The summed E-state index contributed by atoms with van der Waals surface area (Å²) in [4.78, 5) is 11.7. The number of anilines is 2. The van der Waals surface area contributed by atoms with E-state index in [9.17, 15) is 13.2 Å². The lowest BCUT2D eigenvalue weighted by Gasteiger charge is -2.10. The fraction of sp³-hybridized carbons (Fsp3) is 0.462. The van der Waals surface area contributed by atoms with Crippen molar-refractivity contribution in [3.05, 3.63) is 23.8 Å². The van der Waals surface area contributed by atoms with Crippen molar-refractivity contribution in [1.29, 1.82) is 0 Å². The molecule has 112 valence electrons. The highest BCUT2D eigenvalue weighted by molar-refractivity contribution is 7.91. The molecule has 0 radical (unpaired) electrons. The van der Waals surface area contributed by atoms with E-state index in [-0.39, 0.29) is 30.2 Å². The van der Waals surface area contributed by atoms with E-state index in [2.05, 4.69) is 5.32 Å². The first-order valence-corrected chi connectivity index (χ1v) is 8.22. The Bertz CT molecular complexity index is 570. The molecule has 0 saturated carbocycles. The first-order valence-electron chi connectivity index (χ1n) is 6.40. The lowest BCUT2D eigenvalue weighted by Crippen LogP contribution is -2.17. The molecule has 7 heteroatoms. The quantitative estimate of drug-likeness (QED) is 0.581. The van der Waals surface area contributed by atoms with Gasteiger partial charge in [-0.05, 0) is 25.1 Å². The number of nitrogen functional groups attached to an aromatic ring is 1. The molecule has 0 amide bonds. The number of benzene rings is 1. The molecule has 0 unspecified atom stereocenters. The largest absolute Gasteiger partial charge is 0.462 e. The van der Waals surface area contributed by atoms with Crippen LogP contribution in [0.3, 0.4) is 0 Å². The van der Waals surface area contributed by atoms with E-state index in [4.69, 9.17) is 10.5 Å². The molecule has 3 N–H and O–H groups in total. The van der Waals surface area contributed by atoms with Crippen LogP contribution in [0.25, 0.3) is 0 Å². The van der Waals surface area contributed by atoms with Crippen molar-refractivity contribution in [3.8, 4) is 0 Å². The number of sulfone groups is 1. The van der Waals surface area contributed by atoms with E-state index in [1.165, 1.54) is 0 Å². The Kier molecular flexibility index (Phi) is 5.82. The molecular formula is C13H20N2O4S. The number of hydrogen-bond acceptors (Lipinski definition) is 6. The summed E-state index contributed by atoms with van der Waals surface area (Å²) in [6, 6.07) is 4.84. The number of hydrogen-bond donors (Lipinski definition) is 2. The minimum atomic E-state index is -3.01. The third-order valence-electron chi connectivity index (χ3n) is 2.73. The van der Waals surface area contributed by atoms with Crippen molar-refractivity contribution in [2.75, 3.05) is 35.7 Å². The fourth-order valence-corrected chi connectivity index (χ4v) is 2.25. The minimum Gasteiger partial charge on any atom is -0.462 e. The van der Waals surface area contributed by atoms with E-state index in [1.54, 1.807) is 32.0 Å². The highest BCUT2D eigenvalue weighted by Crippen LogP contribution is 2.18. The zero-order chi connectivity index (χ0) is 15.2. The Morgan fingerprint density at radius 3 is 2.65 bits per heavy atom. The zero-order valence-corrected chi connectivity index (χ0v) is 12.5. The van der Waals surface area contributed by atoms with E-state index in [0.29, 0.717) is 11.4 Å². The Morgan fingerprint density at radius 1 is 1.35 bits per heavy atom.